The van der Waals surface area contributed by atoms with Gasteiger partial charge in [0, 0.05) is 22.1 Å². The molecule has 0 atom stereocenters. The predicted molar refractivity (Wildman–Crippen MR) is 69.4 cm³/mol. The molecule has 0 saturated carbocycles. The molecular weight excluding hydrogens is 324 g/mol. The van der Waals surface area contributed by atoms with Gasteiger partial charge in [-0.1, -0.05) is 20.4 Å². The molecule has 94 valence electrons. The molecule has 2 rings (SSSR count). The zero-order chi connectivity index (χ0) is 13.1. The number of nitrogens with two attached hydrogens (primary N) is 1. The molecule has 1 aromatic heterocycles. The van der Waals surface area contributed by atoms with E-state index in [-0.39, 0.29) is 18.0 Å². The highest BCUT2D eigenvalue weighted by atomic mass is 79.9. The molecule has 0 spiro atoms. The van der Waals surface area contributed by atoms with Crippen LogP contribution in [0.15, 0.2) is 22.7 Å². The Bertz CT molecular complexity index is 589. The van der Waals surface area contributed by atoms with Crippen molar-refractivity contribution in [2.45, 2.75) is 6.61 Å². The Morgan fingerprint density at radius 1 is 1.56 bits per heavy atom. The number of hydrogen-bond donors (Lipinski definition) is 1. The summed E-state index contributed by atoms with van der Waals surface area (Å²) in [4.78, 5) is 10.3. The van der Waals surface area contributed by atoms with E-state index in [1.54, 1.807) is 6.07 Å². The van der Waals surface area contributed by atoms with Crippen molar-refractivity contribution >= 4 is 38.2 Å². The molecule has 1 heterocycles. The number of rotatable bonds is 4. The minimum absolute atomic E-state index is 0.0464. The lowest BCUT2D eigenvalue weighted by Crippen LogP contribution is -2.01. The van der Waals surface area contributed by atoms with Crippen LogP contribution in [0.25, 0.3) is 0 Å². The minimum atomic E-state index is -0.511. The Hall–Kier alpha value is -1.74. The van der Waals surface area contributed by atoms with E-state index >= 15 is 0 Å². The molecule has 1 aromatic carbocycles. The number of nitro groups is 1. The summed E-state index contributed by atoms with van der Waals surface area (Å²) in [6.45, 7) is 0.0464. The number of hydrogen-bond acceptors (Lipinski definition) is 7. The van der Waals surface area contributed by atoms with E-state index in [0.717, 1.165) is 11.5 Å². The van der Waals surface area contributed by atoms with Gasteiger partial charge in [-0.2, -0.15) is 0 Å². The van der Waals surface area contributed by atoms with Crippen LogP contribution in [-0.2, 0) is 6.61 Å². The molecule has 9 heteroatoms. The summed E-state index contributed by atoms with van der Waals surface area (Å²) in [6, 6.07) is 4.54. The minimum Gasteiger partial charge on any atom is -0.480 e. The SMILES string of the molecule is Nc1snnc1COc1ccc(Br)cc1[N+](=O)[O-]. The van der Waals surface area contributed by atoms with Crippen molar-refractivity contribution in [3.8, 4) is 5.75 Å². The van der Waals surface area contributed by atoms with Gasteiger partial charge in [0.05, 0.1) is 4.92 Å². The maximum absolute atomic E-state index is 10.9. The second-order valence-electron chi connectivity index (χ2n) is 3.24. The Morgan fingerprint density at radius 3 is 2.94 bits per heavy atom. The van der Waals surface area contributed by atoms with Gasteiger partial charge in [0.1, 0.15) is 17.3 Å². The van der Waals surface area contributed by atoms with E-state index in [1.165, 1.54) is 12.1 Å². The maximum atomic E-state index is 10.9. The first-order valence-electron chi connectivity index (χ1n) is 4.71. The third kappa shape index (κ3) is 2.74. The average Bonchev–Trinajstić information content (AvgIpc) is 2.73. The smallest absolute Gasteiger partial charge is 0.312 e. The van der Waals surface area contributed by atoms with Crippen molar-refractivity contribution in [3.63, 3.8) is 0 Å². The fourth-order valence-corrected chi connectivity index (χ4v) is 2.00. The predicted octanol–water partition coefficient (Wildman–Crippen LogP) is 2.37. The molecule has 0 aliphatic carbocycles. The van der Waals surface area contributed by atoms with Crippen molar-refractivity contribution in [3.05, 3.63) is 38.5 Å². The summed E-state index contributed by atoms with van der Waals surface area (Å²) in [5, 5.41) is 15.1. The Morgan fingerprint density at radius 2 is 2.33 bits per heavy atom. The lowest BCUT2D eigenvalue weighted by molar-refractivity contribution is -0.386. The molecule has 0 amide bonds. The molecule has 0 aliphatic heterocycles. The third-order valence-corrected chi connectivity index (χ3v) is 3.16. The fourth-order valence-electron chi connectivity index (χ4n) is 1.22. The van der Waals surface area contributed by atoms with Crippen LogP contribution in [0.3, 0.4) is 0 Å². The van der Waals surface area contributed by atoms with E-state index in [2.05, 4.69) is 25.5 Å². The third-order valence-electron chi connectivity index (χ3n) is 2.07. The molecule has 0 bridgehead atoms. The van der Waals surface area contributed by atoms with Crippen molar-refractivity contribution < 1.29 is 9.66 Å². The van der Waals surface area contributed by atoms with Crippen LogP contribution in [0.4, 0.5) is 10.7 Å². The molecular formula is C9H7BrN4O3S. The van der Waals surface area contributed by atoms with Crippen LogP contribution >= 0.6 is 27.5 Å². The zero-order valence-corrected chi connectivity index (χ0v) is 11.3. The van der Waals surface area contributed by atoms with Crippen LogP contribution < -0.4 is 10.5 Å². The van der Waals surface area contributed by atoms with Gasteiger partial charge in [-0.3, -0.25) is 10.1 Å². The standard InChI is InChI=1S/C9H7BrN4O3S/c10-5-1-2-8(7(3-5)14(15)16)17-4-6-9(11)18-13-12-6/h1-3H,4,11H2. The van der Waals surface area contributed by atoms with Gasteiger partial charge < -0.3 is 10.5 Å². The van der Waals surface area contributed by atoms with Crippen LogP contribution in [-0.4, -0.2) is 14.5 Å². The highest BCUT2D eigenvalue weighted by molar-refractivity contribution is 9.10. The van der Waals surface area contributed by atoms with Crippen LogP contribution in [0.2, 0.25) is 0 Å². The van der Waals surface area contributed by atoms with Gasteiger partial charge in [-0.05, 0) is 12.1 Å². The van der Waals surface area contributed by atoms with Crippen LogP contribution in [0, 0.1) is 10.1 Å². The topological polar surface area (TPSA) is 104 Å². The molecule has 2 aromatic rings. The monoisotopic (exact) mass is 330 g/mol. The summed E-state index contributed by atoms with van der Waals surface area (Å²) in [6.07, 6.45) is 0. The van der Waals surface area contributed by atoms with E-state index in [9.17, 15) is 10.1 Å². The lowest BCUT2D eigenvalue weighted by atomic mass is 10.3. The average molecular weight is 331 g/mol. The fraction of sp³-hybridized carbons (Fsp3) is 0.111. The highest BCUT2D eigenvalue weighted by Gasteiger charge is 2.16. The van der Waals surface area contributed by atoms with Gasteiger partial charge in [0.2, 0.25) is 0 Å². The largest absolute Gasteiger partial charge is 0.480 e. The summed E-state index contributed by atoms with van der Waals surface area (Å²) in [7, 11) is 0. The molecule has 18 heavy (non-hydrogen) atoms. The van der Waals surface area contributed by atoms with Gasteiger partial charge >= 0.3 is 5.69 Å². The van der Waals surface area contributed by atoms with Gasteiger partial charge in [-0.25, -0.2) is 0 Å². The molecule has 0 radical (unpaired) electrons. The zero-order valence-electron chi connectivity index (χ0n) is 8.87. The highest BCUT2D eigenvalue weighted by Crippen LogP contribution is 2.30. The van der Waals surface area contributed by atoms with Crippen molar-refractivity contribution in [1.29, 1.82) is 0 Å². The lowest BCUT2D eigenvalue weighted by Gasteiger charge is -2.05. The maximum Gasteiger partial charge on any atom is 0.312 e. The van der Waals surface area contributed by atoms with Gasteiger partial charge in [0.25, 0.3) is 0 Å². The number of nitro benzene ring substituents is 1. The molecule has 0 saturated heterocycles. The van der Waals surface area contributed by atoms with E-state index < -0.39 is 4.92 Å². The number of halogens is 1. The molecule has 2 N–H and O–H groups in total. The van der Waals surface area contributed by atoms with Crippen LogP contribution in [0.5, 0.6) is 5.75 Å². The Labute approximate surface area is 114 Å². The molecule has 0 unspecified atom stereocenters. The number of aromatic nitrogens is 2. The first-order chi connectivity index (χ1) is 8.58. The summed E-state index contributed by atoms with van der Waals surface area (Å²) in [5.74, 6) is 0.163. The number of anilines is 1. The van der Waals surface area contributed by atoms with E-state index in [1.807, 2.05) is 0 Å². The van der Waals surface area contributed by atoms with Crippen molar-refractivity contribution in [2.24, 2.45) is 0 Å². The van der Waals surface area contributed by atoms with Crippen LogP contribution in [0.1, 0.15) is 5.69 Å². The quantitative estimate of drug-likeness (QED) is 0.681. The molecule has 7 nitrogen and oxygen atoms in total. The molecule has 0 fully saturated rings. The first-order valence-corrected chi connectivity index (χ1v) is 6.28. The van der Waals surface area contributed by atoms with E-state index in [0.29, 0.717) is 15.2 Å². The van der Waals surface area contributed by atoms with Crippen molar-refractivity contribution in [1.82, 2.24) is 9.59 Å². The van der Waals surface area contributed by atoms with E-state index in [4.69, 9.17) is 10.5 Å². The summed E-state index contributed by atoms with van der Waals surface area (Å²) in [5.41, 5.74) is 5.95. The normalized spacial score (nSPS) is 10.3. The second kappa shape index (κ2) is 5.27. The summed E-state index contributed by atoms with van der Waals surface area (Å²) < 4.78 is 9.60. The Kier molecular flexibility index (Phi) is 3.72. The van der Waals surface area contributed by atoms with Gasteiger partial charge in [0.15, 0.2) is 5.75 Å². The Balaban J connectivity index is 2.19. The number of nitrogen functional groups attached to an aromatic ring is 1. The molecule has 0 aliphatic rings. The van der Waals surface area contributed by atoms with Gasteiger partial charge in [-0.15, -0.1) is 5.10 Å². The number of nitrogens with zero attached hydrogens (tertiary/aromatic N) is 3. The summed E-state index contributed by atoms with van der Waals surface area (Å²) >= 11 is 4.21. The number of ether oxygens (including phenoxy) is 1. The van der Waals surface area contributed by atoms with Crippen molar-refractivity contribution in [2.75, 3.05) is 5.73 Å². The number of benzene rings is 1. The second-order valence-corrected chi connectivity index (χ2v) is 4.94. The first kappa shape index (κ1) is 12.7.